The van der Waals surface area contributed by atoms with Crippen molar-refractivity contribution < 1.29 is 29.4 Å². The molecule has 10 heteroatoms. The molecule has 0 spiro atoms. The van der Waals surface area contributed by atoms with Gasteiger partial charge >= 0.3 is 5.97 Å². The Labute approximate surface area is 191 Å². The first-order chi connectivity index (χ1) is 15.7. The zero-order valence-corrected chi connectivity index (χ0v) is 17.9. The molecule has 8 N–H and O–H groups in total. The van der Waals surface area contributed by atoms with Crippen LogP contribution in [-0.4, -0.2) is 52.0 Å². The van der Waals surface area contributed by atoms with E-state index in [1.54, 1.807) is 42.5 Å². The van der Waals surface area contributed by atoms with Gasteiger partial charge in [0.15, 0.2) is 0 Å². The summed E-state index contributed by atoms with van der Waals surface area (Å²) in [4.78, 5) is 48.2. The molecule has 2 rings (SSSR count). The van der Waals surface area contributed by atoms with Gasteiger partial charge in [-0.2, -0.15) is 0 Å². The van der Waals surface area contributed by atoms with Gasteiger partial charge in [0.05, 0.1) is 6.04 Å². The molecular formula is C23H28N4O6. The molecule has 2 aromatic carbocycles. The monoisotopic (exact) mass is 456 g/mol. The molecule has 0 saturated carbocycles. The number of carbonyl (C=O) groups excluding carboxylic acids is 3. The van der Waals surface area contributed by atoms with Gasteiger partial charge in [0.2, 0.25) is 17.7 Å². The second-order valence-corrected chi connectivity index (χ2v) is 7.63. The largest absolute Gasteiger partial charge is 0.508 e. The summed E-state index contributed by atoms with van der Waals surface area (Å²) in [6.07, 6.45) is 0.00921. The van der Waals surface area contributed by atoms with E-state index in [2.05, 4.69) is 10.6 Å². The molecule has 0 bridgehead atoms. The number of nitrogens with one attached hydrogen (secondary N) is 2. The van der Waals surface area contributed by atoms with Crippen molar-refractivity contribution in [3.8, 4) is 5.75 Å². The van der Waals surface area contributed by atoms with Crippen LogP contribution in [0.25, 0.3) is 0 Å². The Hall–Kier alpha value is -3.92. The lowest BCUT2D eigenvalue weighted by Gasteiger charge is -2.23. The molecule has 0 aliphatic heterocycles. The molecule has 10 nitrogen and oxygen atoms in total. The second kappa shape index (κ2) is 12.2. The molecular weight excluding hydrogens is 428 g/mol. The topological polar surface area (TPSA) is 185 Å². The molecule has 3 atom stereocenters. The molecule has 0 saturated heterocycles. The average molecular weight is 456 g/mol. The third kappa shape index (κ3) is 8.62. The maximum Gasteiger partial charge on any atom is 0.326 e. The molecule has 0 heterocycles. The first-order valence-electron chi connectivity index (χ1n) is 10.3. The second-order valence-electron chi connectivity index (χ2n) is 7.63. The van der Waals surface area contributed by atoms with E-state index in [0.29, 0.717) is 5.56 Å². The number of nitrogens with two attached hydrogens (primary N) is 2. The lowest BCUT2D eigenvalue weighted by atomic mass is 10.0. The predicted octanol–water partition coefficient (Wildman–Crippen LogP) is -0.176. The summed E-state index contributed by atoms with van der Waals surface area (Å²) in [6.45, 7) is 0. The van der Waals surface area contributed by atoms with Crippen molar-refractivity contribution in [2.24, 2.45) is 11.5 Å². The lowest BCUT2D eigenvalue weighted by molar-refractivity contribution is -0.142. The Kier molecular flexibility index (Phi) is 9.37. The van der Waals surface area contributed by atoms with Crippen LogP contribution in [0.15, 0.2) is 54.6 Å². The molecule has 0 aromatic heterocycles. The number of benzene rings is 2. The number of aliphatic carboxylic acids is 1. The fourth-order valence-electron chi connectivity index (χ4n) is 3.11. The number of primary amides is 1. The van der Waals surface area contributed by atoms with E-state index >= 15 is 0 Å². The lowest BCUT2D eigenvalue weighted by Crippen LogP contribution is -2.55. The van der Waals surface area contributed by atoms with Crippen LogP contribution in [0.1, 0.15) is 24.0 Å². The number of amides is 3. The van der Waals surface area contributed by atoms with Crippen LogP contribution >= 0.6 is 0 Å². The highest BCUT2D eigenvalue weighted by Crippen LogP contribution is 2.12. The highest BCUT2D eigenvalue weighted by molar-refractivity contribution is 5.92. The van der Waals surface area contributed by atoms with Crippen LogP contribution in [0.5, 0.6) is 5.75 Å². The van der Waals surface area contributed by atoms with Gasteiger partial charge in [-0.25, -0.2) is 4.79 Å². The van der Waals surface area contributed by atoms with Crippen LogP contribution < -0.4 is 22.1 Å². The summed E-state index contributed by atoms with van der Waals surface area (Å²) in [6, 6.07) is 11.4. The van der Waals surface area contributed by atoms with Gasteiger partial charge in [-0.05, 0) is 29.7 Å². The number of aromatic hydroxyl groups is 1. The van der Waals surface area contributed by atoms with Crippen molar-refractivity contribution in [1.29, 1.82) is 0 Å². The number of hydrogen-bond donors (Lipinski definition) is 6. The predicted molar refractivity (Wildman–Crippen MR) is 120 cm³/mol. The van der Waals surface area contributed by atoms with E-state index in [9.17, 15) is 29.4 Å². The van der Waals surface area contributed by atoms with Crippen LogP contribution in [0, 0.1) is 0 Å². The van der Waals surface area contributed by atoms with Crippen molar-refractivity contribution in [2.75, 3.05) is 0 Å². The number of phenols is 1. The Morgan fingerprint density at radius 1 is 0.818 bits per heavy atom. The van der Waals surface area contributed by atoms with E-state index in [4.69, 9.17) is 11.5 Å². The van der Waals surface area contributed by atoms with E-state index in [1.165, 1.54) is 12.1 Å². The molecule has 0 aliphatic rings. The zero-order valence-electron chi connectivity index (χ0n) is 17.9. The standard InChI is InChI=1S/C23H28N4O6/c24-17(10-11-20(25)29)21(30)26-18(12-14-4-2-1-3-5-14)22(31)27-19(23(32)33)13-15-6-8-16(28)9-7-15/h1-9,17-19,28H,10-13,24H2,(H2,25,29)(H,26,30)(H,27,31)(H,32,33). The van der Waals surface area contributed by atoms with Crippen molar-refractivity contribution in [2.45, 2.75) is 43.8 Å². The summed E-state index contributed by atoms with van der Waals surface area (Å²) in [7, 11) is 0. The van der Waals surface area contributed by atoms with E-state index in [-0.39, 0.29) is 31.4 Å². The number of carboxylic acids is 1. The first-order valence-corrected chi connectivity index (χ1v) is 10.3. The minimum atomic E-state index is -1.26. The van der Waals surface area contributed by atoms with Crippen LogP contribution in [-0.2, 0) is 32.0 Å². The molecule has 3 amide bonds. The Bertz CT molecular complexity index is 965. The van der Waals surface area contributed by atoms with Gasteiger partial charge in [-0.1, -0.05) is 42.5 Å². The number of hydrogen-bond acceptors (Lipinski definition) is 6. The molecule has 2 aromatic rings. The van der Waals surface area contributed by atoms with Crippen LogP contribution in [0.3, 0.4) is 0 Å². The zero-order chi connectivity index (χ0) is 24.4. The number of carbonyl (C=O) groups is 4. The number of carboxylic acid groups (broad SMARTS) is 1. The first kappa shape index (κ1) is 25.3. The summed E-state index contributed by atoms with van der Waals surface area (Å²) in [5.41, 5.74) is 12.2. The van der Waals surface area contributed by atoms with E-state index in [0.717, 1.165) is 5.56 Å². The molecule has 3 unspecified atom stereocenters. The van der Waals surface area contributed by atoms with Gasteiger partial charge in [-0.15, -0.1) is 0 Å². The van der Waals surface area contributed by atoms with Crippen molar-refractivity contribution in [3.05, 3.63) is 65.7 Å². The minimum absolute atomic E-state index is 0.0133. The third-order valence-electron chi connectivity index (χ3n) is 4.94. The third-order valence-corrected chi connectivity index (χ3v) is 4.94. The molecule has 0 radical (unpaired) electrons. The van der Waals surface area contributed by atoms with E-state index in [1.807, 2.05) is 0 Å². The smallest absolute Gasteiger partial charge is 0.326 e. The SMILES string of the molecule is NC(=O)CCC(N)C(=O)NC(Cc1ccccc1)C(=O)NC(Cc1ccc(O)cc1)C(=O)O. The Morgan fingerprint density at radius 3 is 1.94 bits per heavy atom. The molecule has 176 valence electrons. The average Bonchev–Trinajstić information content (AvgIpc) is 2.78. The molecule has 0 aliphatic carbocycles. The van der Waals surface area contributed by atoms with Gasteiger partial charge in [0, 0.05) is 19.3 Å². The van der Waals surface area contributed by atoms with Gasteiger partial charge in [0.1, 0.15) is 17.8 Å². The Morgan fingerprint density at radius 2 is 1.36 bits per heavy atom. The van der Waals surface area contributed by atoms with Crippen molar-refractivity contribution in [1.82, 2.24) is 10.6 Å². The summed E-state index contributed by atoms with van der Waals surface area (Å²) in [5.74, 6) is -3.17. The van der Waals surface area contributed by atoms with Gasteiger partial charge < -0.3 is 32.3 Å². The fraction of sp³-hybridized carbons (Fsp3) is 0.304. The summed E-state index contributed by atoms with van der Waals surface area (Å²) in [5, 5.41) is 24.0. The minimum Gasteiger partial charge on any atom is -0.508 e. The molecule has 33 heavy (non-hydrogen) atoms. The molecule has 0 fully saturated rings. The normalized spacial score (nSPS) is 13.4. The summed E-state index contributed by atoms with van der Waals surface area (Å²) >= 11 is 0. The Balaban J connectivity index is 2.14. The highest BCUT2D eigenvalue weighted by atomic mass is 16.4. The number of phenolic OH excluding ortho intramolecular Hbond substituents is 1. The van der Waals surface area contributed by atoms with Crippen molar-refractivity contribution in [3.63, 3.8) is 0 Å². The fourth-order valence-corrected chi connectivity index (χ4v) is 3.11. The number of rotatable bonds is 12. The van der Waals surface area contributed by atoms with Crippen LogP contribution in [0.2, 0.25) is 0 Å². The van der Waals surface area contributed by atoms with Crippen LogP contribution in [0.4, 0.5) is 0 Å². The van der Waals surface area contributed by atoms with Crippen molar-refractivity contribution >= 4 is 23.7 Å². The maximum atomic E-state index is 13.0. The summed E-state index contributed by atoms with van der Waals surface area (Å²) < 4.78 is 0. The van der Waals surface area contributed by atoms with Gasteiger partial charge in [0.25, 0.3) is 0 Å². The van der Waals surface area contributed by atoms with E-state index < -0.39 is 41.8 Å². The quantitative estimate of drug-likeness (QED) is 0.256. The maximum absolute atomic E-state index is 13.0. The highest BCUT2D eigenvalue weighted by Gasteiger charge is 2.28. The van der Waals surface area contributed by atoms with Gasteiger partial charge in [-0.3, -0.25) is 14.4 Å².